The van der Waals surface area contributed by atoms with Crippen LogP contribution in [0.4, 0.5) is 0 Å². The van der Waals surface area contributed by atoms with Gasteiger partial charge in [-0.05, 0) is 0 Å². The van der Waals surface area contributed by atoms with Gasteiger partial charge in [0.15, 0.2) is 0 Å². The Hall–Kier alpha value is -0.730. The molecular weight excluding hydrogens is 1120 g/mol. The maximum absolute atomic E-state index is 5.53. The second-order valence-corrected chi connectivity index (χ2v) is 17.1. The molecule has 0 saturated carbocycles. The fraction of sp³-hybridized carbons (Fsp3) is 1.00. The molecule has 0 N–H and O–H groups in total. The first-order chi connectivity index (χ1) is 41.4. The quantitative estimate of drug-likeness (QED) is 0.0659. The molecule has 0 bridgehead atoms. The smallest absolute Gasteiger partial charge is 0.0701 e. The Labute approximate surface area is 502 Å². The van der Waals surface area contributed by atoms with E-state index in [4.69, 9.17) is 128 Å². The number of rotatable bonds is 80. The second kappa shape index (κ2) is 81.3. The fourth-order valence-corrected chi connectivity index (χ4v) is 5.94. The van der Waals surface area contributed by atoms with Crippen molar-refractivity contribution in [3.8, 4) is 0 Å². The number of ether oxygens (including phenoxy) is 27. The number of methoxy groups -OCH3 is 1. The van der Waals surface area contributed by atoms with Crippen molar-refractivity contribution in [2.24, 2.45) is 0 Å². The molecule has 0 aliphatic carbocycles. The van der Waals surface area contributed by atoms with Crippen LogP contribution in [0.2, 0.25) is 0 Å². The molecule has 0 fully saturated rings. The Kier molecular flexibility index (Phi) is 80.6. The third-order valence-corrected chi connectivity index (χ3v) is 10.2. The zero-order chi connectivity index (χ0) is 59.3. The van der Waals surface area contributed by atoms with Crippen LogP contribution in [0.1, 0.15) is 0 Å². The molecule has 0 aromatic carbocycles. The first kappa shape index (κ1) is 82.3. The largest absolute Gasteiger partial charge is 0.382 e. The molecule has 83 heavy (non-hydrogen) atoms. The molecule has 28 heteroatoms. The van der Waals surface area contributed by atoms with Crippen molar-refractivity contribution in [3.63, 3.8) is 0 Å². The van der Waals surface area contributed by atoms with Crippen molar-refractivity contribution in [1.82, 2.24) is 0 Å². The van der Waals surface area contributed by atoms with Gasteiger partial charge in [-0.2, -0.15) is 12.6 Å². The Morgan fingerprint density at radius 2 is 0.193 bits per heavy atom. The first-order valence-corrected chi connectivity index (χ1v) is 30.2. The van der Waals surface area contributed by atoms with Gasteiger partial charge in [-0.3, -0.25) is 0 Å². The number of hydrogen-bond donors (Lipinski definition) is 1. The van der Waals surface area contributed by atoms with Crippen molar-refractivity contribution in [2.75, 3.05) is 363 Å². The lowest BCUT2D eigenvalue weighted by atomic mass is 10.6. The van der Waals surface area contributed by atoms with Crippen LogP contribution in [0.3, 0.4) is 0 Å². The summed E-state index contributed by atoms with van der Waals surface area (Å²) in [6.45, 7) is 26.8. The molecule has 0 aliphatic rings. The molecule has 0 atom stereocenters. The zero-order valence-corrected chi connectivity index (χ0v) is 51.5. The molecule has 0 unspecified atom stereocenters. The van der Waals surface area contributed by atoms with Gasteiger partial charge in [-0.15, -0.1) is 0 Å². The summed E-state index contributed by atoms with van der Waals surface area (Å²) in [5.41, 5.74) is 0. The van der Waals surface area contributed by atoms with E-state index in [1.807, 2.05) is 0 Å². The van der Waals surface area contributed by atoms with E-state index >= 15 is 0 Å². The highest BCUT2D eigenvalue weighted by molar-refractivity contribution is 7.80. The molecule has 0 spiro atoms. The van der Waals surface area contributed by atoms with Gasteiger partial charge in [0.2, 0.25) is 0 Å². The van der Waals surface area contributed by atoms with Crippen LogP contribution in [0.15, 0.2) is 0 Å². The summed E-state index contributed by atoms with van der Waals surface area (Å²) in [4.78, 5) is 0. The van der Waals surface area contributed by atoms with Crippen LogP contribution in [-0.4, -0.2) is 363 Å². The Morgan fingerprint density at radius 1 is 0.120 bits per heavy atom. The van der Waals surface area contributed by atoms with E-state index in [0.29, 0.717) is 356 Å². The van der Waals surface area contributed by atoms with Gasteiger partial charge < -0.3 is 128 Å². The number of thiol groups is 1. The molecule has 0 aliphatic heterocycles. The summed E-state index contributed by atoms with van der Waals surface area (Å²) in [6.07, 6.45) is 0. The second-order valence-electron chi connectivity index (χ2n) is 16.6. The molecule has 0 aromatic heterocycles. The Balaban J connectivity index is 3.08. The molecule has 0 radical (unpaired) electrons. The van der Waals surface area contributed by atoms with E-state index in [-0.39, 0.29) is 0 Å². The SMILES string of the molecule is COCCOCCOCCOCCOCCOCCOCCOCCOCCOCCOCCOCCOCCOCCOCCOCCOCCOCCOCCOCCOCCOCCOCCOCCOCCOCCOCCS. The molecule has 0 rings (SSSR count). The molecule has 0 aromatic rings. The van der Waals surface area contributed by atoms with Gasteiger partial charge in [0.05, 0.1) is 350 Å². The minimum Gasteiger partial charge on any atom is -0.382 e. The Bertz CT molecular complexity index is 1030. The molecule has 0 saturated heterocycles. The van der Waals surface area contributed by atoms with Crippen LogP contribution in [0.5, 0.6) is 0 Å². The number of hydrogen-bond acceptors (Lipinski definition) is 28. The van der Waals surface area contributed by atoms with Crippen molar-refractivity contribution < 1.29 is 128 Å². The van der Waals surface area contributed by atoms with Gasteiger partial charge in [-0.25, -0.2) is 0 Å². The summed E-state index contributed by atoms with van der Waals surface area (Å²) < 4.78 is 147. The average molecular weight is 1240 g/mol. The maximum Gasteiger partial charge on any atom is 0.0701 e. The van der Waals surface area contributed by atoms with E-state index in [9.17, 15) is 0 Å². The molecule has 0 amide bonds. The van der Waals surface area contributed by atoms with Crippen LogP contribution in [0, 0.1) is 0 Å². The van der Waals surface area contributed by atoms with E-state index in [1.54, 1.807) is 7.11 Å². The van der Waals surface area contributed by atoms with E-state index in [2.05, 4.69) is 12.6 Å². The topological polar surface area (TPSA) is 249 Å². The third kappa shape index (κ3) is 81.3. The van der Waals surface area contributed by atoms with Crippen molar-refractivity contribution >= 4 is 12.6 Å². The van der Waals surface area contributed by atoms with Gasteiger partial charge in [-0.1, -0.05) is 0 Å². The standard InChI is InChI=1S/C55H112O27S/c1-56-2-3-57-4-5-58-6-7-59-8-9-60-10-11-61-12-13-62-14-15-63-16-17-64-18-19-65-20-21-66-22-23-67-24-25-68-26-27-69-28-29-70-30-31-71-32-33-72-34-35-73-36-37-74-38-39-75-40-41-76-42-43-77-44-45-78-46-47-79-48-49-80-50-51-81-52-53-82-54-55-83/h83H,2-55H2,1H3. The highest BCUT2D eigenvalue weighted by Crippen LogP contribution is 1.92. The van der Waals surface area contributed by atoms with Crippen LogP contribution < -0.4 is 0 Å². The van der Waals surface area contributed by atoms with Gasteiger partial charge in [0.1, 0.15) is 0 Å². The van der Waals surface area contributed by atoms with Crippen molar-refractivity contribution in [2.45, 2.75) is 0 Å². The normalized spacial score (nSPS) is 11.8. The van der Waals surface area contributed by atoms with Crippen molar-refractivity contribution in [1.29, 1.82) is 0 Å². The highest BCUT2D eigenvalue weighted by Gasteiger charge is 2.01. The summed E-state index contributed by atoms with van der Waals surface area (Å²) in [7, 11) is 1.64. The van der Waals surface area contributed by atoms with Crippen molar-refractivity contribution in [3.05, 3.63) is 0 Å². The van der Waals surface area contributed by atoms with E-state index in [1.165, 1.54) is 0 Å². The predicted molar refractivity (Wildman–Crippen MR) is 307 cm³/mol. The molecule has 0 heterocycles. The lowest BCUT2D eigenvalue weighted by molar-refractivity contribution is -0.0322. The molecule has 500 valence electrons. The molecular formula is C55H112O27S. The Morgan fingerprint density at radius 3 is 0.265 bits per heavy atom. The maximum atomic E-state index is 5.53. The monoisotopic (exact) mass is 1240 g/mol. The summed E-state index contributed by atoms with van der Waals surface area (Å²) in [5, 5.41) is 0. The van der Waals surface area contributed by atoms with Gasteiger partial charge in [0, 0.05) is 12.9 Å². The van der Waals surface area contributed by atoms with E-state index in [0.717, 1.165) is 0 Å². The first-order valence-electron chi connectivity index (χ1n) is 29.5. The van der Waals surface area contributed by atoms with Crippen LogP contribution in [0.25, 0.3) is 0 Å². The fourth-order valence-electron chi connectivity index (χ4n) is 5.81. The van der Waals surface area contributed by atoms with Gasteiger partial charge in [0.25, 0.3) is 0 Å². The average Bonchev–Trinajstić information content (AvgIpc) is 3.49. The summed E-state index contributed by atoms with van der Waals surface area (Å²) >= 11 is 4.08. The minimum absolute atomic E-state index is 0.484. The molecule has 27 nitrogen and oxygen atoms in total. The van der Waals surface area contributed by atoms with Crippen LogP contribution in [-0.2, 0) is 128 Å². The zero-order valence-electron chi connectivity index (χ0n) is 50.7. The van der Waals surface area contributed by atoms with Crippen LogP contribution >= 0.6 is 12.6 Å². The lowest BCUT2D eigenvalue weighted by Crippen LogP contribution is -2.16. The predicted octanol–water partition coefficient (Wildman–Crippen LogP) is 0.994. The minimum atomic E-state index is 0.484. The van der Waals surface area contributed by atoms with E-state index < -0.39 is 0 Å². The summed E-state index contributed by atoms with van der Waals surface area (Å²) in [5.74, 6) is 0.712. The lowest BCUT2D eigenvalue weighted by Gasteiger charge is -2.09. The third-order valence-electron chi connectivity index (χ3n) is 9.97. The van der Waals surface area contributed by atoms with Gasteiger partial charge >= 0.3 is 0 Å². The summed E-state index contributed by atoms with van der Waals surface area (Å²) in [6, 6.07) is 0. The highest BCUT2D eigenvalue weighted by atomic mass is 32.1.